The van der Waals surface area contributed by atoms with Crippen molar-refractivity contribution in [3.63, 3.8) is 0 Å². The van der Waals surface area contributed by atoms with Crippen molar-refractivity contribution in [2.75, 3.05) is 44.6 Å². The molecule has 0 bridgehead atoms. The number of hydrogen-bond donors (Lipinski definition) is 2. The number of ether oxygens (including phenoxy) is 1. The van der Waals surface area contributed by atoms with Gasteiger partial charge in [-0.3, -0.25) is 4.90 Å². The number of aliphatic imine (C=N–C) groups is 1. The number of alkyl halides is 3. The molecule has 1 aromatic heterocycles. The second-order valence-electron chi connectivity index (χ2n) is 11.4. The van der Waals surface area contributed by atoms with E-state index in [4.69, 9.17) is 4.74 Å². The van der Waals surface area contributed by atoms with Crippen LogP contribution in [0, 0.1) is 5.82 Å². The first-order valence-electron chi connectivity index (χ1n) is 15.0. The molecule has 1 fully saturated rings. The van der Waals surface area contributed by atoms with Gasteiger partial charge in [-0.15, -0.1) is 0 Å². The highest BCUT2D eigenvalue weighted by atomic mass is 19.4. The monoisotopic (exact) mass is 626 g/mol. The normalized spacial score (nSPS) is 18.1. The van der Waals surface area contributed by atoms with E-state index in [1.165, 1.54) is 23.1 Å². The average Bonchev–Trinajstić information content (AvgIpc) is 3.49. The molecule has 2 aliphatic rings. The summed E-state index contributed by atoms with van der Waals surface area (Å²) in [5, 5.41) is 2.65. The van der Waals surface area contributed by atoms with Crippen molar-refractivity contribution in [1.82, 2.24) is 19.7 Å². The van der Waals surface area contributed by atoms with Crippen LogP contribution in [-0.2, 0) is 19.3 Å². The van der Waals surface area contributed by atoms with Crippen LogP contribution >= 0.6 is 0 Å². The van der Waals surface area contributed by atoms with Crippen LogP contribution < -0.4 is 10.1 Å². The van der Waals surface area contributed by atoms with Gasteiger partial charge in [-0.25, -0.2) is 14.2 Å². The number of urea groups is 1. The number of aromatic amines is 1. The van der Waals surface area contributed by atoms with E-state index in [0.717, 1.165) is 31.3 Å². The van der Waals surface area contributed by atoms with Crippen LogP contribution in [0.1, 0.15) is 54.5 Å². The van der Waals surface area contributed by atoms with Crippen molar-refractivity contribution in [1.29, 1.82) is 0 Å². The Morgan fingerprint density at radius 1 is 1.16 bits per heavy atom. The Labute approximate surface area is 260 Å². The molecule has 2 aromatic carbocycles. The molecule has 0 radical (unpaired) electrons. The van der Waals surface area contributed by atoms with Gasteiger partial charge in [-0.1, -0.05) is 19.9 Å². The zero-order chi connectivity index (χ0) is 32.3. The van der Waals surface area contributed by atoms with E-state index in [1.54, 1.807) is 31.3 Å². The summed E-state index contributed by atoms with van der Waals surface area (Å²) in [5.74, 6) is 0.0758. The quantitative estimate of drug-likeness (QED) is 0.157. The zero-order valence-corrected chi connectivity index (χ0v) is 25.7. The Hall–Kier alpha value is -4.16. The number of likely N-dealkylation sites (N-methyl/N-ethyl adjacent to an activating group) is 1. The third-order valence-corrected chi connectivity index (χ3v) is 8.47. The topological polar surface area (TPSA) is 76.2 Å². The number of halogens is 4. The van der Waals surface area contributed by atoms with E-state index < -0.39 is 23.6 Å². The van der Waals surface area contributed by atoms with Crippen molar-refractivity contribution in [3.05, 3.63) is 82.3 Å². The molecule has 1 saturated heterocycles. The lowest BCUT2D eigenvalue weighted by Crippen LogP contribution is -2.45. The highest BCUT2D eigenvalue weighted by Crippen LogP contribution is 2.37. The first-order chi connectivity index (χ1) is 21.5. The predicted molar refractivity (Wildman–Crippen MR) is 167 cm³/mol. The van der Waals surface area contributed by atoms with Crippen LogP contribution in [0.25, 0.3) is 5.76 Å². The fourth-order valence-corrected chi connectivity index (χ4v) is 5.98. The minimum Gasteiger partial charge on any atom is -0.454 e. The maximum Gasteiger partial charge on any atom is 0.416 e. The molecule has 1 unspecified atom stereocenters. The highest BCUT2D eigenvalue weighted by molar-refractivity contribution is 5.89. The SMILES string of the molecule is C=Nc1[nH]ccc1/C(=C\C)Oc1cc2c(cc1F)C(C)CN(C(=O)Nc1ccc(CN3CCN(CC)CC3)c(C(F)(F)F)c1)C2. The summed E-state index contributed by atoms with van der Waals surface area (Å²) in [6, 6.07) is 8.14. The maximum atomic E-state index is 15.2. The maximum absolute atomic E-state index is 15.2. The number of carbonyl (C=O) groups is 1. The lowest BCUT2D eigenvalue weighted by Gasteiger charge is -2.34. The van der Waals surface area contributed by atoms with Gasteiger partial charge in [-0.05, 0) is 79.2 Å². The summed E-state index contributed by atoms with van der Waals surface area (Å²) in [6.07, 6.45) is -1.21. The molecule has 8 nitrogen and oxygen atoms in total. The molecule has 0 spiro atoms. The number of anilines is 1. The Bertz CT molecular complexity index is 1580. The van der Waals surface area contributed by atoms with Gasteiger partial charge < -0.3 is 24.8 Å². The smallest absolute Gasteiger partial charge is 0.416 e. The minimum atomic E-state index is -4.57. The van der Waals surface area contributed by atoms with Crippen LogP contribution in [0.5, 0.6) is 5.75 Å². The predicted octanol–water partition coefficient (Wildman–Crippen LogP) is 7.23. The fraction of sp³-hybridized carbons (Fsp3) is 0.394. The lowest BCUT2D eigenvalue weighted by atomic mass is 9.91. The van der Waals surface area contributed by atoms with Crippen LogP contribution in [0.4, 0.5) is 33.9 Å². The third kappa shape index (κ3) is 7.23. The number of amides is 2. The largest absolute Gasteiger partial charge is 0.454 e. The summed E-state index contributed by atoms with van der Waals surface area (Å²) >= 11 is 0. The number of carbonyl (C=O) groups excluding carboxylic acids is 1. The zero-order valence-electron chi connectivity index (χ0n) is 25.7. The summed E-state index contributed by atoms with van der Waals surface area (Å²) in [6.45, 7) is 13.8. The minimum absolute atomic E-state index is 0.0194. The number of H-pyrrole nitrogens is 1. The standard InChI is InChI=1S/C33H38F4N6O2/c1-5-29(25-9-10-39-31(25)38-4)45-30-15-23-20-43(18-21(3)26(23)17-28(30)34)32(44)40-24-8-7-22(27(16-24)33(35,36)37)19-42-13-11-41(6-2)12-14-42/h5,7-10,15-17,21,39H,4,6,11-14,18-20H2,1-3H3,(H,40,44)/b29-5+. The molecule has 1 atom stereocenters. The molecule has 12 heteroatoms. The molecular weight excluding hydrogens is 588 g/mol. The van der Waals surface area contributed by atoms with E-state index in [9.17, 15) is 18.0 Å². The van der Waals surface area contributed by atoms with Crippen molar-refractivity contribution in [3.8, 4) is 5.75 Å². The highest BCUT2D eigenvalue weighted by Gasteiger charge is 2.35. The number of aromatic nitrogens is 1. The number of allylic oxidation sites excluding steroid dienone is 1. The first kappa shape index (κ1) is 32.2. The van der Waals surface area contributed by atoms with Crippen molar-refractivity contribution < 1.29 is 27.1 Å². The van der Waals surface area contributed by atoms with E-state index in [-0.39, 0.29) is 42.6 Å². The number of piperazine rings is 1. The van der Waals surface area contributed by atoms with Gasteiger partial charge in [-0.2, -0.15) is 13.2 Å². The average molecular weight is 627 g/mol. The first-order valence-corrected chi connectivity index (χ1v) is 15.0. The molecule has 2 aliphatic heterocycles. The summed E-state index contributed by atoms with van der Waals surface area (Å²) in [5.41, 5.74) is 1.51. The summed E-state index contributed by atoms with van der Waals surface area (Å²) < 4.78 is 63.5. The lowest BCUT2D eigenvalue weighted by molar-refractivity contribution is -0.138. The molecule has 45 heavy (non-hydrogen) atoms. The van der Waals surface area contributed by atoms with Gasteiger partial charge in [0.05, 0.1) is 11.1 Å². The van der Waals surface area contributed by atoms with E-state index in [2.05, 4.69) is 33.8 Å². The molecular formula is C33H38F4N6O2. The van der Waals surface area contributed by atoms with Gasteiger partial charge >= 0.3 is 12.2 Å². The Morgan fingerprint density at radius 3 is 2.56 bits per heavy atom. The van der Waals surface area contributed by atoms with Gasteiger partial charge in [0.15, 0.2) is 11.6 Å². The molecule has 0 aliphatic carbocycles. The number of benzene rings is 2. The van der Waals surface area contributed by atoms with E-state index in [0.29, 0.717) is 35.8 Å². The number of fused-ring (bicyclic) bond motifs is 1. The molecule has 3 heterocycles. The van der Waals surface area contributed by atoms with Crippen LogP contribution in [0.3, 0.4) is 0 Å². The summed E-state index contributed by atoms with van der Waals surface area (Å²) in [7, 11) is 0. The summed E-state index contributed by atoms with van der Waals surface area (Å²) in [4.78, 5) is 26.0. The van der Waals surface area contributed by atoms with Crippen molar-refractivity contribution >= 4 is 30.0 Å². The van der Waals surface area contributed by atoms with Gasteiger partial charge in [0.1, 0.15) is 11.6 Å². The number of hydrogen-bond acceptors (Lipinski definition) is 5. The molecule has 3 aromatic rings. The Morgan fingerprint density at radius 2 is 1.89 bits per heavy atom. The number of nitrogens with one attached hydrogen (secondary N) is 2. The number of nitrogens with zero attached hydrogens (tertiary/aromatic N) is 4. The molecule has 0 saturated carbocycles. The van der Waals surface area contributed by atoms with E-state index in [1.807, 2.05) is 11.8 Å². The van der Waals surface area contributed by atoms with Gasteiger partial charge in [0.25, 0.3) is 0 Å². The van der Waals surface area contributed by atoms with Crippen molar-refractivity contribution in [2.45, 2.75) is 46.0 Å². The third-order valence-electron chi connectivity index (χ3n) is 8.47. The van der Waals surface area contributed by atoms with Crippen LogP contribution in [0.15, 0.2) is 53.7 Å². The van der Waals surface area contributed by atoms with Gasteiger partial charge in [0, 0.05) is 57.7 Å². The number of rotatable bonds is 8. The second kappa shape index (κ2) is 13.5. The Balaban J connectivity index is 1.31. The molecule has 2 N–H and O–H groups in total. The van der Waals surface area contributed by atoms with Gasteiger partial charge in [0.2, 0.25) is 0 Å². The fourth-order valence-electron chi connectivity index (χ4n) is 5.98. The molecule has 240 valence electrons. The molecule has 2 amide bonds. The van der Waals surface area contributed by atoms with Crippen LogP contribution in [-0.4, -0.2) is 71.7 Å². The van der Waals surface area contributed by atoms with E-state index >= 15 is 4.39 Å². The second-order valence-corrected chi connectivity index (χ2v) is 11.4. The molecule has 5 rings (SSSR count). The van der Waals surface area contributed by atoms with Crippen molar-refractivity contribution in [2.24, 2.45) is 4.99 Å². The van der Waals surface area contributed by atoms with Crippen LogP contribution in [0.2, 0.25) is 0 Å². The Kier molecular flexibility index (Phi) is 9.64.